The van der Waals surface area contributed by atoms with Crippen molar-refractivity contribution in [2.45, 2.75) is 25.9 Å². The van der Waals surface area contributed by atoms with Gasteiger partial charge in [-0.3, -0.25) is 0 Å². The van der Waals surface area contributed by atoms with Crippen molar-refractivity contribution < 1.29 is 14.6 Å². The van der Waals surface area contributed by atoms with Gasteiger partial charge in [-0.05, 0) is 31.9 Å². The minimum absolute atomic E-state index is 0.215. The summed E-state index contributed by atoms with van der Waals surface area (Å²) >= 11 is 0. The first-order chi connectivity index (χ1) is 8.70. The Morgan fingerprint density at radius 1 is 1.44 bits per heavy atom. The van der Waals surface area contributed by atoms with Gasteiger partial charge in [0, 0.05) is 13.1 Å². The summed E-state index contributed by atoms with van der Waals surface area (Å²) in [5, 5.41) is 17.3. The van der Waals surface area contributed by atoms with Gasteiger partial charge in [0.1, 0.15) is 0 Å². The summed E-state index contributed by atoms with van der Waals surface area (Å²) in [6, 6.07) is 3.38. The zero-order valence-corrected chi connectivity index (χ0v) is 10.4. The highest BCUT2D eigenvalue weighted by atomic mass is 16.5. The molecule has 0 amide bonds. The SMILES string of the molecule is CCOC(=O)c1ccc(N2CCC(O)CC2)nn1. The van der Waals surface area contributed by atoms with Crippen LogP contribution in [0.3, 0.4) is 0 Å². The van der Waals surface area contributed by atoms with Crippen LogP contribution in [0.5, 0.6) is 0 Å². The smallest absolute Gasteiger partial charge is 0.358 e. The summed E-state index contributed by atoms with van der Waals surface area (Å²) in [6.07, 6.45) is 1.26. The highest BCUT2D eigenvalue weighted by molar-refractivity contribution is 5.87. The molecule has 0 bridgehead atoms. The molecule has 0 aromatic carbocycles. The van der Waals surface area contributed by atoms with Crippen LogP contribution in [0.15, 0.2) is 12.1 Å². The van der Waals surface area contributed by atoms with Crippen LogP contribution in [-0.2, 0) is 4.74 Å². The van der Waals surface area contributed by atoms with E-state index in [1.54, 1.807) is 19.1 Å². The van der Waals surface area contributed by atoms with E-state index in [2.05, 4.69) is 15.1 Å². The Hall–Kier alpha value is -1.69. The van der Waals surface area contributed by atoms with Gasteiger partial charge in [-0.15, -0.1) is 10.2 Å². The maximum atomic E-state index is 11.4. The van der Waals surface area contributed by atoms with Gasteiger partial charge in [-0.2, -0.15) is 0 Å². The third-order valence-corrected chi connectivity index (χ3v) is 2.92. The molecule has 18 heavy (non-hydrogen) atoms. The van der Waals surface area contributed by atoms with Crippen molar-refractivity contribution >= 4 is 11.8 Å². The Morgan fingerprint density at radius 2 is 2.17 bits per heavy atom. The number of anilines is 1. The molecule has 0 unspecified atom stereocenters. The van der Waals surface area contributed by atoms with E-state index in [0.717, 1.165) is 31.7 Å². The fraction of sp³-hybridized carbons (Fsp3) is 0.583. The first-order valence-electron chi connectivity index (χ1n) is 6.14. The second-order valence-electron chi connectivity index (χ2n) is 4.22. The number of ether oxygens (including phenoxy) is 1. The molecule has 2 heterocycles. The molecule has 6 heteroatoms. The summed E-state index contributed by atoms with van der Waals surface area (Å²) in [5.74, 6) is 0.278. The Morgan fingerprint density at radius 3 is 2.72 bits per heavy atom. The summed E-state index contributed by atoms with van der Waals surface area (Å²) in [7, 11) is 0. The Balaban J connectivity index is 2.01. The largest absolute Gasteiger partial charge is 0.461 e. The number of piperidine rings is 1. The van der Waals surface area contributed by atoms with E-state index in [1.807, 2.05) is 0 Å². The molecular formula is C12H17N3O3. The molecule has 1 N–H and O–H groups in total. The Kier molecular flexibility index (Phi) is 4.09. The van der Waals surface area contributed by atoms with Crippen LogP contribution in [0.1, 0.15) is 30.3 Å². The number of aliphatic hydroxyl groups is 1. The molecule has 0 spiro atoms. The Bertz CT molecular complexity index is 400. The molecule has 1 aliphatic heterocycles. The molecule has 2 rings (SSSR count). The van der Waals surface area contributed by atoms with Crippen LogP contribution in [0, 0.1) is 0 Å². The van der Waals surface area contributed by atoms with Crippen LogP contribution in [0.2, 0.25) is 0 Å². The number of aromatic nitrogens is 2. The fourth-order valence-corrected chi connectivity index (χ4v) is 1.90. The van der Waals surface area contributed by atoms with E-state index in [1.165, 1.54) is 0 Å². The summed E-state index contributed by atoms with van der Waals surface area (Å²) < 4.78 is 4.84. The van der Waals surface area contributed by atoms with Crippen LogP contribution >= 0.6 is 0 Å². The molecule has 1 aromatic rings. The molecular weight excluding hydrogens is 234 g/mol. The van der Waals surface area contributed by atoms with Crippen molar-refractivity contribution in [2.75, 3.05) is 24.6 Å². The van der Waals surface area contributed by atoms with Gasteiger partial charge in [-0.25, -0.2) is 4.79 Å². The van der Waals surface area contributed by atoms with E-state index in [9.17, 15) is 9.90 Å². The van der Waals surface area contributed by atoms with Gasteiger partial charge in [0.25, 0.3) is 0 Å². The molecule has 0 atom stereocenters. The number of nitrogens with zero attached hydrogens (tertiary/aromatic N) is 3. The topological polar surface area (TPSA) is 75.5 Å². The van der Waals surface area contributed by atoms with Crippen LogP contribution in [-0.4, -0.2) is 47.1 Å². The van der Waals surface area contributed by atoms with Crippen molar-refractivity contribution in [3.8, 4) is 0 Å². The Labute approximate surface area is 106 Å². The fourth-order valence-electron chi connectivity index (χ4n) is 1.90. The number of rotatable bonds is 3. The lowest BCUT2D eigenvalue weighted by atomic mass is 10.1. The summed E-state index contributed by atoms with van der Waals surface area (Å²) in [4.78, 5) is 13.5. The lowest BCUT2D eigenvalue weighted by Gasteiger charge is -2.29. The minimum Gasteiger partial charge on any atom is -0.461 e. The van der Waals surface area contributed by atoms with E-state index < -0.39 is 5.97 Å². The van der Waals surface area contributed by atoms with Gasteiger partial charge >= 0.3 is 5.97 Å². The molecule has 0 radical (unpaired) electrons. The molecule has 1 fully saturated rings. The maximum absolute atomic E-state index is 11.4. The molecule has 1 aromatic heterocycles. The third-order valence-electron chi connectivity index (χ3n) is 2.92. The van der Waals surface area contributed by atoms with Crippen molar-refractivity contribution in [2.24, 2.45) is 0 Å². The zero-order chi connectivity index (χ0) is 13.0. The normalized spacial score (nSPS) is 16.7. The quantitative estimate of drug-likeness (QED) is 0.793. The number of carbonyl (C=O) groups is 1. The third kappa shape index (κ3) is 2.95. The van der Waals surface area contributed by atoms with E-state index in [4.69, 9.17) is 4.74 Å². The predicted molar refractivity (Wildman–Crippen MR) is 65.4 cm³/mol. The van der Waals surface area contributed by atoms with Crippen LogP contribution in [0.4, 0.5) is 5.82 Å². The van der Waals surface area contributed by atoms with Gasteiger partial charge in [0.15, 0.2) is 11.5 Å². The molecule has 1 aliphatic rings. The van der Waals surface area contributed by atoms with Gasteiger partial charge in [-0.1, -0.05) is 0 Å². The molecule has 1 saturated heterocycles. The highest BCUT2D eigenvalue weighted by Gasteiger charge is 2.19. The van der Waals surface area contributed by atoms with Crippen molar-refractivity contribution in [3.05, 3.63) is 17.8 Å². The predicted octanol–water partition coefficient (Wildman–Crippen LogP) is 0.614. The van der Waals surface area contributed by atoms with Crippen molar-refractivity contribution in [3.63, 3.8) is 0 Å². The van der Waals surface area contributed by atoms with Crippen molar-refractivity contribution in [1.29, 1.82) is 0 Å². The first kappa shape index (κ1) is 12.8. The number of carbonyl (C=O) groups excluding carboxylic acids is 1. The average molecular weight is 251 g/mol. The second-order valence-corrected chi connectivity index (χ2v) is 4.22. The number of hydrogen-bond acceptors (Lipinski definition) is 6. The number of hydrogen-bond donors (Lipinski definition) is 1. The highest BCUT2D eigenvalue weighted by Crippen LogP contribution is 2.17. The van der Waals surface area contributed by atoms with E-state index in [0.29, 0.717) is 6.61 Å². The van der Waals surface area contributed by atoms with E-state index >= 15 is 0 Å². The summed E-state index contributed by atoms with van der Waals surface area (Å²) in [6.45, 7) is 3.59. The van der Waals surface area contributed by atoms with Crippen molar-refractivity contribution in [1.82, 2.24) is 10.2 Å². The minimum atomic E-state index is -0.453. The van der Waals surface area contributed by atoms with Crippen LogP contribution < -0.4 is 4.90 Å². The number of aliphatic hydroxyl groups excluding tert-OH is 1. The average Bonchev–Trinajstić information content (AvgIpc) is 2.40. The molecule has 6 nitrogen and oxygen atoms in total. The molecule has 98 valence electrons. The van der Waals surface area contributed by atoms with Gasteiger partial charge in [0.05, 0.1) is 12.7 Å². The lowest BCUT2D eigenvalue weighted by Crippen LogP contribution is -2.36. The van der Waals surface area contributed by atoms with Gasteiger partial charge < -0.3 is 14.7 Å². The van der Waals surface area contributed by atoms with Crippen LogP contribution in [0.25, 0.3) is 0 Å². The second kappa shape index (κ2) is 5.77. The number of esters is 1. The monoisotopic (exact) mass is 251 g/mol. The molecule has 0 saturated carbocycles. The molecule has 0 aliphatic carbocycles. The van der Waals surface area contributed by atoms with E-state index in [-0.39, 0.29) is 11.8 Å². The lowest BCUT2D eigenvalue weighted by molar-refractivity contribution is 0.0518. The standard InChI is InChI=1S/C12H17N3O3/c1-2-18-12(17)10-3-4-11(14-13-10)15-7-5-9(16)6-8-15/h3-4,9,16H,2,5-8H2,1H3. The summed E-state index contributed by atoms with van der Waals surface area (Å²) in [5.41, 5.74) is 0.220. The first-order valence-corrected chi connectivity index (χ1v) is 6.14. The zero-order valence-electron chi connectivity index (χ0n) is 10.4. The maximum Gasteiger partial charge on any atom is 0.358 e. The van der Waals surface area contributed by atoms with Gasteiger partial charge in [0.2, 0.25) is 0 Å².